The zero-order valence-electron chi connectivity index (χ0n) is 18.4. The summed E-state index contributed by atoms with van der Waals surface area (Å²) in [7, 11) is 0. The number of nitrogens with one attached hydrogen (secondary N) is 2. The lowest BCUT2D eigenvalue weighted by atomic mass is 10.1. The van der Waals surface area contributed by atoms with Crippen molar-refractivity contribution in [3.63, 3.8) is 0 Å². The number of hydrogen-bond acceptors (Lipinski definition) is 4. The van der Waals surface area contributed by atoms with Crippen molar-refractivity contribution in [2.24, 2.45) is 5.92 Å². The molecule has 8 heteroatoms. The molecule has 2 N–H and O–H groups in total. The van der Waals surface area contributed by atoms with Crippen molar-refractivity contribution >= 4 is 17.7 Å². The third-order valence-electron chi connectivity index (χ3n) is 5.29. The number of fused-ring (bicyclic) bond motifs is 1. The summed E-state index contributed by atoms with van der Waals surface area (Å²) in [6.45, 7) is 8.08. The number of amides is 3. The lowest BCUT2D eigenvalue weighted by Crippen LogP contribution is -2.45. The Morgan fingerprint density at radius 2 is 1.87 bits per heavy atom. The molecule has 0 fully saturated rings. The Bertz CT molecular complexity index is 923. The number of nitrogens with zero attached hydrogens (tertiary/aromatic N) is 3. The van der Waals surface area contributed by atoms with Gasteiger partial charge in [-0.1, -0.05) is 44.2 Å². The molecule has 0 radical (unpaired) electrons. The first kappa shape index (κ1) is 22.5. The molecule has 3 amide bonds. The Hall–Kier alpha value is -3.16. The second-order valence-corrected chi connectivity index (χ2v) is 8.37. The summed E-state index contributed by atoms with van der Waals surface area (Å²) >= 11 is 0. The van der Waals surface area contributed by atoms with Crippen molar-refractivity contribution in [3.05, 3.63) is 53.3 Å². The molecular weight excluding hydrogens is 394 g/mol. The number of hydrogen-bond donors (Lipinski definition) is 2. The van der Waals surface area contributed by atoms with Crippen molar-refractivity contribution in [3.8, 4) is 0 Å². The van der Waals surface area contributed by atoms with E-state index in [9.17, 15) is 14.4 Å². The van der Waals surface area contributed by atoms with Gasteiger partial charge in [-0.25, -0.2) is 0 Å². The molecular formula is C23H31N5O3. The largest absolute Gasteiger partial charge is 0.354 e. The number of benzene rings is 1. The quantitative estimate of drug-likeness (QED) is 0.678. The minimum absolute atomic E-state index is 0.145. The van der Waals surface area contributed by atoms with Gasteiger partial charge in [-0.3, -0.25) is 19.1 Å². The molecule has 1 unspecified atom stereocenters. The van der Waals surface area contributed by atoms with E-state index in [1.54, 1.807) is 16.5 Å². The fourth-order valence-electron chi connectivity index (χ4n) is 3.47. The number of carbonyl (C=O) groups excluding carboxylic acids is 3. The van der Waals surface area contributed by atoms with Gasteiger partial charge in [-0.2, -0.15) is 5.10 Å². The molecule has 3 rings (SSSR count). The predicted octanol–water partition coefficient (Wildman–Crippen LogP) is 2.21. The smallest absolute Gasteiger partial charge is 0.272 e. The summed E-state index contributed by atoms with van der Waals surface area (Å²) < 4.78 is 1.59. The van der Waals surface area contributed by atoms with Crippen molar-refractivity contribution < 1.29 is 14.4 Å². The van der Waals surface area contributed by atoms with E-state index in [0.717, 1.165) is 18.4 Å². The maximum Gasteiger partial charge on any atom is 0.272 e. The van der Waals surface area contributed by atoms with Gasteiger partial charge < -0.3 is 15.5 Å². The summed E-state index contributed by atoms with van der Waals surface area (Å²) in [4.78, 5) is 39.7. The molecule has 0 saturated carbocycles. The molecule has 2 heterocycles. The first-order valence-corrected chi connectivity index (χ1v) is 10.8. The first-order chi connectivity index (χ1) is 14.8. The highest BCUT2D eigenvalue weighted by Gasteiger charge is 2.27. The fraction of sp³-hybridized carbons (Fsp3) is 0.478. The molecule has 8 nitrogen and oxygen atoms in total. The second kappa shape index (κ2) is 10.2. The van der Waals surface area contributed by atoms with Crippen molar-refractivity contribution in [2.45, 2.75) is 52.7 Å². The minimum atomic E-state index is -0.688. The van der Waals surface area contributed by atoms with Gasteiger partial charge in [0, 0.05) is 32.2 Å². The van der Waals surface area contributed by atoms with Crippen LogP contribution in [0.3, 0.4) is 0 Å². The molecule has 2 aromatic rings. The van der Waals surface area contributed by atoms with Crippen LogP contribution in [-0.4, -0.2) is 51.5 Å². The first-order valence-electron chi connectivity index (χ1n) is 10.8. The Balaban J connectivity index is 1.64. The highest BCUT2D eigenvalue weighted by atomic mass is 16.2. The van der Waals surface area contributed by atoms with Crippen molar-refractivity contribution in [2.75, 3.05) is 13.1 Å². The molecule has 1 aliphatic rings. The van der Waals surface area contributed by atoms with Crippen molar-refractivity contribution in [1.82, 2.24) is 25.3 Å². The monoisotopic (exact) mass is 425 g/mol. The van der Waals surface area contributed by atoms with Crippen LogP contribution in [0.1, 0.15) is 60.2 Å². The Labute approximate surface area is 183 Å². The van der Waals surface area contributed by atoms with Crippen LogP contribution in [0.4, 0.5) is 0 Å². The van der Waals surface area contributed by atoms with E-state index in [-0.39, 0.29) is 17.5 Å². The van der Waals surface area contributed by atoms with Crippen LogP contribution in [0.25, 0.3) is 0 Å². The standard InChI is InChI=1S/C23H31N5O3/c1-16(2)10-11-24-21(29)17(3)25-22(30)19-14-20-23(31)27(12-7-13-28(20)26-19)15-18-8-5-4-6-9-18/h4-6,8-9,14,16-17H,7,10-13,15H2,1-3H3,(H,24,29)(H,25,30). The van der Waals surface area contributed by atoms with Gasteiger partial charge >= 0.3 is 0 Å². The molecule has 0 aliphatic carbocycles. The van der Waals surface area contributed by atoms with Gasteiger partial charge in [-0.05, 0) is 31.2 Å². The Morgan fingerprint density at radius 1 is 1.13 bits per heavy atom. The Kier molecular flexibility index (Phi) is 7.44. The van der Waals surface area contributed by atoms with Crippen LogP contribution in [0.5, 0.6) is 0 Å². The fourth-order valence-corrected chi connectivity index (χ4v) is 3.47. The van der Waals surface area contributed by atoms with E-state index in [2.05, 4.69) is 29.6 Å². The van der Waals surface area contributed by atoms with E-state index in [0.29, 0.717) is 37.8 Å². The minimum Gasteiger partial charge on any atom is -0.354 e. The Morgan fingerprint density at radius 3 is 2.58 bits per heavy atom. The SMILES string of the molecule is CC(C)CCNC(=O)C(C)NC(=O)c1cc2n(n1)CCCN(Cc1ccccc1)C2=O. The van der Waals surface area contributed by atoms with Crippen LogP contribution in [0, 0.1) is 5.92 Å². The average molecular weight is 426 g/mol. The average Bonchev–Trinajstić information content (AvgIpc) is 3.11. The predicted molar refractivity (Wildman–Crippen MR) is 117 cm³/mol. The highest BCUT2D eigenvalue weighted by molar-refractivity contribution is 5.99. The molecule has 1 aromatic heterocycles. The molecule has 31 heavy (non-hydrogen) atoms. The third kappa shape index (κ3) is 5.93. The van der Waals surface area contributed by atoms with Crippen LogP contribution in [0.2, 0.25) is 0 Å². The number of carbonyl (C=O) groups is 3. The van der Waals surface area contributed by atoms with Crippen LogP contribution >= 0.6 is 0 Å². The van der Waals surface area contributed by atoms with Crippen molar-refractivity contribution in [1.29, 1.82) is 0 Å². The van der Waals surface area contributed by atoms with Gasteiger partial charge in [0.05, 0.1) is 0 Å². The maximum atomic E-state index is 13.0. The molecule has 166 valence electrons. The number of aryl methyl sites for hydroxylation is 1. The third-order valence-corrected chi connectivity index (χ3v) is 5.29. The van der Waals surface area contributed by atoms with E-state index in [1.807, 2.05) is 30.3 Å². The summed E-state index contributed by atoms with van der Waals surface area (Å²) in [5, 5.41) is 9.82. The summed E-state index contributed by atoms with van der Waals surface area (Å²) in [6.07, 6.45) is 1.63. The van der Waals surface area contributed by atoms with Gasteiger partial charge in [0.1, 0.15) is 11.7 Å². The van der Waals surface area contributed by atoms with Crippen LogP contribution in [0.15, 0.2) is 36.4 Å². The van der Waals surface area contributed by atoms with Gasteiger partial charge in [0.2, 0.25) is 5.91 Å². The summed E-state index contributed by atoms with van der Waals surface area (Å²) in [5.74, 6) is -0.355. The van der Waals surface area contributed by atoms with E-state index in [4.69, 9.17) is 0 Å². The van der Waals surface area contributed by atoms with Gasteiger partial charge in [0.15, 0.2) is 5.69 Å². The second-order valence-electron chi connectivity index (χ2n) is 8.37. The highest BCUT2D eigenvalue weighted by Crippen LogP contribution is 2.16. The normalized spacial score (nSPS) is 14.7. The molecule has 0 saturated heterocycles. The summed E-state index contributed by atoms with van der Waals surface area (Å²) in [6, 6.07) is 10.6. The molecule has 0 bridgehead atoms. The molecule has 0 spiro atoms. The topological polar surface area (TPSA) is 96.3 Å². The number of rotatable bonds is 8. The van der Waals surface area contributed by atoms with Gasteiger partial charge in [0.25, 0.3) is 11.8 Å². The zero-order chi connectivity index (χ0) is 22.4. The molecule has 1 aromatic carbocycles. The van der Waals surface area contributed by atoms with E-state index in [1.165, 1.54) is 6.07 Å². The van der Waals surface area contributed by atoms with Crippen LogP contribution in [-0.2, 0) is 17.9 Å². The number of aromatic nitrogens is 2. The van der Waals surface area contributed by atoms with E-state index >= 15 is 0 Å². The lowest BCUT2D eigenvalue weighted by molar-refractivity contribution is -0.122. The summed E-state index contributed by atoms with van der Waals surface area (Å²) in [5.41, 5.74) is 1.60. The van der Waals surface area contributed by atoms with E-state index < -0.39 is 11.9 Å². The molecule has 1 atom stereocenters. The van der Waals surface area contributed by atoms with Gasteiger partial charge in [-0.15, -0.1) is 0 Å². The molecule has 1 aliphatic heterocycles. The zero-order valence-corrected chi connectivity index (χ0v) is 18.4. The lowest BCUT2D eigenvalue weighted by Gasteiger charge is -2.20. The van der Waals surface area contributed by atoms with Crippen LogP contribution < -0.4 is 10.6 Å². The maximum absolute atomic E-state index is 13.0.